The van der Waals surface area contributed by atoms with Crippen molar-refractivity contribution in [3.63, 3.8) is 0 Å². The van der Waals surface area contributed by atoms with Crippen LogP contribution in [0.3, 0.4) is 0 Å². The molecule has 2 aromatic rings. The van der Waals surface area contributed by atoms with Crippen LogP contribution < -0.4 is 10.1 Å². The number of nitrogens with one attached hydrogen (secondary N) is 1. The zero-order valence-electron chi connectivity index (χ0n) is 17.4. The Labute approximate surface area is 176 Å². The first kappa shape index (κ1) is 21.6. The molecule has 1 aromatic carbocycles. The molecule has 0 spiro atoms. The largest absolute Gasteiger partial charge is 0.497 e. The number of pyridine rings is 1. The van der Waals surface area contributed by atoms with E-state index in [2.05, 4.69) is 10.3 Å². The Kier molecular flexibility index (Phi) is 7.62. The highest BCUT2D eigenvalue weighted by molar-refractivity contribution is 5.89. The summed E-state index contributed by atoms with van der Waals surface area (Å²) in [7, 11) is 3.11. The fourth-order valence-electron chi connectivity index (χ4n) is 3.59. The van der Waals surface area contributed by atoms with Gasteiger partial charge in [-0.3, -0.25) is 9.78 Å². The number of hydrogen-bond donors (Lipinski definition) is 1. The number of aromatic nitrogens is 1. The fourth-order valence-corrected chi connectivity index (χ4v) is 3.59. The average Bonchev–Trinajstić information content (AvgIpc) is 2.79. The van der Waals surface area contributed by atoms with Gasteiger partial charge in [-0.25, -0.2) is 4.79 Å². The lowest BCUT2D eigenvalue weighted by molar-refractivity contribution is -0.139. The Morgan fingerprint density at radius 2 is 2.03 bits per heavy atom. The van der Waals surface area contributed by atoms with Crippen molar-refractivity contribution in [2.75, 3.05) is 39.2 Å². The average molecular weight is 412 g/mol. The van der Waals surface area contributed by atoms with Crippen LogP contribution in [0.25, 0.3) is 0 Å². The Morgan fingerprint density at radius 1 is 1.23 bits per heavy atom. The van der Waals surface area contributed by atoms with Gasteiger partial charge < -0.3 is 24.6 Å². The van der Waals surface area contributed by atoms with Gasteiger partial charge in [-0.1, -0.05) is 6.07 Å². The number of methoxy groups -OCH3 is 2. The third kappa shape index (κ3) is 5.70. The zero-order valence-corrected chi connectivity index (χ0v) is 17.4. The molecule has 0 aliphatic carbocycles. The Bertz CT molecular complexity index is 829. The predicted octanol–water partition coefficient (Wildman–Crippen LogP) is 2.76. The van der Waals surface area contributed by atoms with Crippen molar-refractivity contribution >= 4 is 17.6 Å². The van der Waals surface area contributed by atoms with E-state index in [4.69, 9.17) is 9.47 Å². The third-order valence-electron chi connectivity index (χ3n) is 5.13. The summed E-state index contributed by atoms with van der Waals surface area (Å²) in [6.07, 6.45) is 5.12. The molecule has 1 aromatic heterocycles. The smallest absolute Gasteiger partial charge is 0.321 e. The summed E-state index contributed by atoms with van der Waals surface area (Å²) in [5.74, 6) is 0.637. The van der Waals surface area contributed by atoms with Crippen molar-refractivity contribution in [2.45, 2.75) is 25.4 Å². The molecule has 3 amide bonds. The molecule has 2 heterocycles. The predicted molar refractivity (Wildman–Crippen MR) is 113 cm³/mol. The molecule has 3 rings (SSSR count). The van der Waals surface area contributed by atoms with Crippen LogP contribution in [0.4, 0.5) is 10.5 Å². The normalized spacial score (nSPS) is 16.1. The van der Waals surface area contributed by atoms with E-state index in [0.29, 0.717) is 25.3 Å². The van der Waals surface area contributed by atoms with Crippen molar-refractivity contribution in [1.29, 1.82) is 0 Å². The van der Waals surface area contributed by atoms with E-state index in [9.17, 15) is 9.59 Å². The summed E-state index contributed by atoms with van der Waals surface area (Å²) < 4.78 is 10.2. The third-order valence-corrected chi connectivity index (χ3v) is 5.13. The molecule has 160 valence electrons. The number of amides is 3. The molecule has 1 fully saturated rings. The van der Waals surface area contributed by atoms with E-state index in [1.165, 1.54) is 7.11 Å². The second-order valence-corrected chi connectivity index (χ2v) is 7.22. The molecule has 1 N–H and O–H groups in total. The number of rotatable bonds is 7. The van der Waals surface area contributed by atoms with Gasteiger partial charge in [0.25, 0.3) is 0 Å². The molecule has 0 bridgehead atoms. The summed E-state index contributed by atoms with van der Waals surface area (Å²) >= 11 is 0. The first-order valence-electron chi connectivity index (χ1n) is 9.98. The minimum atomic E-state index is -0.176. The molecular formula is C22H28N4O4. The van der Waals surface area contributed by atoms with Gasteiger partial charge in [-0.05, 0) is 48.7 Å². The van der Waals surface area contributed by atoms with Crippen LogP contribution in [0, 0.1) is 0 Å². The van der Waals surface area contributed by atoms with Crippen molar-refractivity contribution in [3.8, 4) is 5.75 Å². The van der Waals surface area contributed by atoms with Gasteiger partial charge in [0, 0.05) is 50.9 Å². The summed E-state index contributed by atoms with van der Waals surface area (Å²) in [4.78, 5) is 33.2. The number of anilines is 1. The molecule has 1 aliphatic heterocycles. The lowest BCUT2D eigenvalue weighted by Gasteiger charge is -2.39. The van der Waals surface area contributed by atoms with E-state index in [-0.39, 0.29) is 24.6 Å². The van der Waals surface area contributed by atoms with Crippen molar-refractivity contribution in [2.24, 2.45) is 0 Å². The molecule has 8 nitrogen and oxygen atoms in total. The summed E-state index contributed by atoms with van der Waals surface area (Å²) in [6, 6.07) is 10.7. The number of urea groups is 1. The quantitative estimate of drug-likeness (QED) is 0.756. The maximum atomic E-state index is 12.8. The fraction of sp³-hybridized carbons (Fsp3) is 0.409. The Morgan fingerprint density at radius 3 is 2.70 bits per heavy atom. The minimum Gasteiger partial charge on any atom is -0.497 e. The standard InChI is InChI=1S/C22H28N4O4/c1-29-16-21(27)26(14-17-5-3-11-23-13-17)19-6-4-12-25(15-19)22(28)24-18-7-9-20(30-2)10-8-18/h3,5,7-11,13,19H,4,6,12,14-16H2,1-2H3,(H,24,28). The van der Waals surface area contributed by atoms with E-state index in [0.717, 1.165) is 24.2 Å². The molecule has 1 saturated heterocycles. The summed E-state index contributed by atoms with van der Waals surface area (Å²) in [5.41, 5.74) is 1.65. The molecule has 1 unspecified atom stereocenters. The number of carbonyl (C=O) groups is 2. The van der Waals surface area contributed by atoms with Crippen molar-refractivity contribution < 1.29 is 19.1 Å². The van der Waals surface area contributed by atoms with Crippen LogP contribution in [-0.2, 0) is 16.1 Å². The van der Waals surface area contributed by atoms with Crippen LogP contribution >= 0.6 is 0 Å². The zero-order chi connectivity index (χ0) is 21.3. The monoisotopic (exact) mass is 412 g/mol. The summed E-state index contributed by atoms with van der Waals surface area (Å²) in [5, 5.41) is 2.92. The van der Waals surface area contributed by atoms with Crippen molar-refractivity contribution in [1.82, 2.24) is 14.8 Å². The highest BCUT2D eigenvalue weighted by Gasteiger charge is 2.30. The molecular weight excluding hydrogens is 384 g/mol. The Balaban J connectivity index is 1.67. The van der Waals surface area contributed by atoms with E-state index in [1.54, 1.807) is 53.6 Å². The minimum absolute atomic E-state index is 0.00874. The van der Waals surface area contributed by atoms with Gasteiger partial charge in [0.05, 0.1) is 7.11 Å². The molecule has 8 heteroatoms. The maximum absolute atomic E-state index is 12.8. The number of piperidine rings is 1. The number of benzene rings is 1. The van der Waals surface area contributed by atoms with Crippen LogP contribution in [0.2, 0.25) is 0 Å². The van der Waals surface area contributed by atoms with Gasteiger partial charge >= 0.3 is 6.03 Å². The van der Waals surface area contributed by atoms with Crippen LogP contribution in [0.1, 0.15) is 18.4 Å². The molecule has 1 aliphatic rings. The molecule has 1 atom stereocenters. The van der Waals surface area contributed by atoms with Gasteiger partial charge in [-0.15, -0.1) is 0 Å². The summed E-state index contributed by atoms with van der Waals surface area (Å²) in [6.45, 7) is 1.57. The molecule has 0 radical (unpaired) electrons. The van der Waals surface area contributed by atoms with E-state index >= 15 is 0 Å². The molecule has 30 heavy (non-hydrogen) atoms. The first-order chi connectivity index (χ1) is 14.6. The first-order valence-corrected chi connectivity index (χ1v) is 9.98. The van der Waals surface area contributed by atoms with Gasteiger partial charge in [-0.2, -0.15) is 0 Å². The Hall–Kier alpha value is -3.13. The SMILES string of the molecule is COCC(=O)N(Cc1cccnc1)C1CCCN(C(=O)Nc2ccc(OC)cc2)C1. The maximum Gasteiger partial charge on any atom is 0.321 e. The number of hydrogen-bond acceptors (Lipinski definition) is 5. The second-order valence-electron chi connectivity index (χ2n) is 7.22. The second kappa shape index (κ2) is 10.6. The lowest BCUT2D eigenvalue weighted by atomic mass is 10.0. The molecule has 0 saturated carbocycles. The highest BCUT2D eigenvalue weighted by Crippen LogP contribution is 2.21. The van der Waals surface area contributed by atoms with Gasteiger partial charge in [0.15, 0.2) is 0 Å². The topological polar surface area (TPSA) is 84.0 Å². The lowest BCUT2D eigenvalue weighted by Crippen LogP contribution is -2.53. The van der Waals surface area contributed by atoms with E-state index in [1.807, 2.05) is 12.1 Å². The number of likely N-dealkylation sites (tertiary alicyclic amines) is 1. The van der Waals surface area contributed by atoms with Crippen LogP contribution in [0.15, 0.2) is 48.8 Å². The van der Waals surface area contributed by atoms with Crippen molar-refractivity contribution in [3.05, 3.63) is 54.4 Å². The number of carbonyl (C=O) groups excluding carboxylic acids is 2. The van der Waals surface area contributed by atoms with Crippen LogP contribution in [0.5, 0.6) is 5.75 Å². The number of nitrogens with zero attached hydrogens (tertiary/aromatic N) is 3. The highest BCUT2D eigenvalue weighted by atomic mass is 16.5. The van der Waals surface area contributed by atoms with Crippen LogP contribution in [-0.4, -0.2) is 66.7 Å². The van der Waals surface area contributed by atoms with Gasteiger partial charge in [0.1, 0.15) is 12.4 Å². The van der Waals surface area contributed by atoms with Gasteiger partial charge in [0.2, 0.25) is 5.91 Å². The number of ether oxygens (including phenoxy) is 2. The van der Waals surface area contributed by atoms with E-state index < -0.39 is 0 Å².